The maximum Gasteiger partial charge on any atom is 0.330 e. The molecule has 114 valence electrons. The number of hydrogen-bond acceptors (Lipinski definition) is 3. The van der Waals surface area contributed by atoms with E-state index in [2.05, 4.69) is 18.7 Å². The van der Waals surface area contributed by atoms with Gasteiger partial charge in [-0.1, -0.05) is 13.8 Å². The molecule has 5 nitrogen and oxygen atoms in total. The number of nitrogens with zero attached hydrogens (tertiary/aromatic N) is 3. The summed E-state index contributed by atoms with van der Waals surface area (Å²) in [6, 6.07) is 0. The Morgan fingerprint density at radius 2 is 1.80 bits per heavy atom. The zero-order valence-corrected chi connectivity index (χ0v) is 13.3. The van der Waals surface area contributed by atoms with Crippen LogP contribution in [0.25, 0.3) is 0 Å². The van der Waals surface area contributed by atoms with Gasteiger partial charge in [0.2, 0.25) is 0 Å². The second-order valence-corrected chi connectivity index (χ2v) is 5.10. The van der Waals surface area contributed by atoms with Crippen LogP contribution in [0.5, 0.6) is 0 Å². The SMILES string of the molecule is CCN(CC)CCn1c2c(c(=O)n(C)c1=O)CCC2.Cl. The van der Waals surface area contributed by atoms with E-state index in [0.717, 1.165) is 50.2 Å². The lowest BCUT2D eigenvalue weighted by atomic mass is 10.2. The van der Waals surface area contributed by atoms with Gasteiger partial charge in [-0.3, -0.25) is 13.9 Å². The van der Waals surface area contributed by atoms with Crippen molar-refractivity contribution in [3.05, 3.63) is 32.1 Å². The minimum atomic E-state index is -0.169. The summed E-state index contributed by atoms with van der Waals surface area (Å²) in [5.41, 5.74) is 1.55. The van der Waals surface area contributed by atoms with Crippen molar-refractivity contribution in [3.63, 3.8) is 0 Å². The average Bonchev–Trinajstić information content (AvgIpc) is 2.90. The van der Waals surface area contributed by atoms with Gasteiger partial charge < -0.3 is 4.90 Å². The third-order valence-corrected chi connectivity index (χ3v) is 4.13. The predicted octanol–water partition coefficient (Wildman–Crippen LogP) is 0.799. The Kier molecular flexibility index (Phi) is 6.02. The van der Waals surface area contributed by atoms with Crippen LogP contribution >= 0.6 is 12.4 Å². The standard InChI is InChI=1S/C14H23N3O2.ClH/c1-4-16(5-2)9-10-17-12-8-6-7-11(12)13(18)15(3)14(17)19;/h4-10H2,1-3H3;1H. The number of halogens is 1. The van der Waals surface area contributed by atoms with Crippen LogP contribution in [0.15, 0.2) is 9.59 Å². The van der Waals surface area contributed by atoms with Crippen molar-refractivity contribution in [2.45, 2.75) is 39.7 Å². The van der Waals surface area contributed by atoms with Gasteiger partial charge in [0.1, 0.15) is 0 Å². The van der Waals surface area contributed by atoms with Crippen molar-refractivity contribution in [3.8, 4) is 0 Å². The van der Waals surface area contributed by atoms with Crippen molar-refractivity contribution in [2.24, 2.45) is 7.05 Å². The Morgan fingerprint density at radius 1 is 1.15 bits per heavy atom. The fraction of sp³-hybridized carbons (Fsp3) is 0.714. The van der Waals surface area contributed by atoms with E-state index in [9.17, 15) is 9.59 Å². The third-order valence-electron chi connectivity index (χ3n) is 4.13. The van der Waals surface area contributed by atoms with Crippen molar-refractivity contribution < 1.29 is 0 Å². The minimum absolute atomic E-state index is 0. The molecule has 0 spiro atoms. The largest absolute Gasteiger partial charge is 0.330 e. The first-order valence-corrected chi connectivity index (χ1v) is 7.14. The summed E-state index contributed by atoms with van der Waals surface area (Å²) in [7, 11) is 1.58. The number of fused-ring (bicyclic) bond motifs is 1. The number of rotatable bonds is 5. The summed E-state index contributed by atoms with van der Waals surface area (Å²) in [4.78, 5) is 26.6. The molecule has 1 heterocycles. The molecule has 0 radical (unpaired) electrons. The van der Waals surface area contributed by atoms with Crippen LogP contribution < -0.4 is 11.2 Å². The molecule has 0 fully saturated rings. The van der Waals surface area contributed by atoms with E-state index < -0.39 is 0 Å². The lowest BCUT2D eigenvalue weighted by molar-refractivity contribution is 0.285. The van der Waals surface area contributed by atoms with E-state index >= 15 is 0 Å². The van der Waals surface area contributed by atoms with Crippen LogP contribution in [0, 0.1) is 0 Å². The molecule has 0 saturated carbocycles. The van der Waals surface area contributed by atoms with E-state index in [1.165, 1.54) is 4.57 Å². The Bertz CT molecular complexity index is 573. The maximum absolute atomic E-state index is 12.2. The quantitative estimate of drug-likeness (QED) is 0.808. The van der Waals surface area contributed by atoms with Gasteiger partial charge in [-0.25, -0.2) is 4.79 Å². The topological polar surface area (TPSA) is 47.2 Å². The molecule has 20 heavy (non-hydrogen) atoms. The molecule has 0 atom stereocenters. The number of aromatic nitrogens is 2. The lowest BCUT2D eigenvalue weighted by Gasteiger charge is -2.20. The molecule has 0 aromatic carbocycles. The van der Waals surface area contributed by atoms with Crippen LogP contribution in [-0.2, 0) is 26.4 Å². The molecule has 0 amide bonds. The van der Waals surface area contributed by atoms with Crippen LogP contribution in [0.3, 0.4) is 0 Å². The molecule has 1 aliphatic rings. The van der Waals surface area contributed by atoms with Crippen LogP contribution in [-0.4, -0.2) is 33.7 Å². The fourth-order valence-corrected chi connectivity index (χ4v) is 2.85. The van der Waals surface area contributed by atoms with Gasteiger partial charge in [-0.2, -0.15) is 0 Å². The summed E-state index contributed by atoms with van der Waals surface area (Å²) in [6.07, 6.45) is 2.66. The normalized spacial score (nSPS) is 13.4. The lowest BCUT2D eigenvalue weighted by Crippen LogP contribution is -2.42. The summed E-state index contributed by atoms with van der Waals surface area (Å²) < 4.78 is 3.06. The Labute approximate surface area is 125 Å². The van der Waals surface area contributed by atoms with Gasteiger partial charge in [0, 0.05) is 31.4 Å². The van der Waals surface area contributed by atoms with Gasteiger partial charge in [-0.15, -0.1) is 12.4 Å². The van der Waals surface area contributed by atoms with Gasteiger partial charge >= 0.3 is 5.69 Å². The Balaban J connectivity index is 0.00000200. The molecule has 1 aromatic heterocycles. The Morgan fingerprint density at radius 3 is 2.40 bits per heavy atom. The zero-order chi connectivity index (χ0) is 14.0. The van der Waals surface area contributed by atoms with Crippen LogP contribution in [0.1, 0.15) is 31.5 Å². The van der Waals surface area contributed by atoms with Gasteiger partial charge in [-0.05, 0) is 32.4 Å². The molecule has 0 aliphatic heterocycles. The molecule has 1 aromatic rings. The minimum Gasteiger partial charge on any atom is -0.302 e. The summed E-state index contributed by atoms with van der Waals surface area (Å²) in [6.45, 7) is 7.75. The molecule has 0 unspecified atom stereocenters. The van der Waals surface area contributed by atoms with E-state index in [4.69, 9.17) is 0 Å². The Hall–Kier alpha value is -1.07. The van der Waals surface area contributed by atoms with Crippen molar-refractivity contribution in [2.75, 3.05) is 19.6 Å². The monoisotopic (exact) mass is 301 g/mol. The van der Waals surface area contributed by atoms with Crippen LogP contribution in [0.2, 0.25) is 0 Å². The molecule has 0 saturated heterocycles. The van der Waals surface area contributed by atoms with Gasteiger partial charge in [0.05, 0.1) is 0 Å². The highest BCUT2D eigenvalue weighted by molar-refractivity contribution is 5.85. The zero-order valence-electron chi connectivity index (χ0n) is 12.5. The highest BCUT2D eigenvalue weighted by atomic mass is 35.5. The van der Waals surface area contributed by atoms with Crippen molar-refractivity contribution >= 4 is 12.4 Å². The highest BCUT2D eigenvalue weighted by Crippen LogP contribution is 2.16. The smallest absolute Gasteiger partial charge is 0.302 e. The molecule has 0 bridgehead atoms. The summed E-state index contributed by atoms with van der Waals surface area (Å²) in [5, 5.41) is 0. The summed E-state index contributed by atoms with van der Waals surface area (Å²) >= 11 is 0. The number of likely N-dealkylation sites (N-methyl/N-ethyl adjacent to an activating group) is 1. The first-order valence-electron chi connectivity index (χ1n) is 7.14. The second-order valence-electron chi connectivity index (χ2n) is 5.10. The first kappa shape index (κ1) is 17.0. The van der Waals surface area contributed by atoms with E-state index in [-0.39, 0.29) is 23.7 Å². The molecular formula is C14H24ClN3O2. The van der Waals surface area contributed by atoms with E-state index in [1.54, 1.807) is 7.05 Å². The number of hydrogen-bond donors (Lipinski definition) is 0. The van der Waals surface area contributed by atoms with Crippen LogP contribution in [0.4, 0.5) is 0 Å². The van der Waals surface area contributed by atoms with Gasteiger partial charge in [0.15, 0.2) is 0 Å². The molecular weight excluding hydrogens is 278 g/mol. The summed E-state index contributed by atoms with van der Waals surface area (Å²) in [5.74, 6) is 0. The molecule has 1 aliphatic carbocycles. The average molecular weight is 302 g/mol. The third kappa shape index (κ3) is 2.99. The molecule has 0 N–H and O–H groups in total. The van der Waals surface area contributed by atoms with E-state index in [0.29, 0.717) is 6.54 Å². The highest BCUT2D eigenvalue weighted by Gasteiger charge is 2.21. The first-order chi connectivity index (χ1) is 9.10. The molecule has 6 heteroatoms. The van der Waals surface area contributed by atoms with Crippen molar-refractivity contribution in [1.29, 1.82) is 0 Å². The maximum atomic E-state index is 12.2. The fourth-order valence-electron chi connectivity index (χ4n) is 2.85. The van der Waals surface area contributed by atoms with E-state index in [1.807, 2.05) is 4.57 Å². The van der Waals surface area contributed by atoms with Gasteiger partial charge in [0.25, 0.3) is 5.56 Å². The predicted molar refractivity (Wildman–Crippen MR) is 83.0 cm³/mol. The van der Waals surface area contributed by atoms with Crippen molar-refractivity contribution in [1.82, 2.24) is 14.0 Å². The second kappa shape index (κ2) is 7.09. The molecule has 2 rings (SSSR count).